The quantitative estimate of drug-likeness (QED) is 0.0149. The summed E-state index contributed by atoms with van der Waals surface area (Å²) < 4.78 is 16.7. The van der Waals surface area contributed by atoms with Crippen LogP contribution in [0.4, 0.5) is 0 Å². The second-order valence-corrected chi connectivity index (χ2v) is 21.4. The summed E-state index contributed by atoms with van der Waals surface area (Å²) in [5, 5.41) is 54.4. The van der Waals surface area contributed by atoms with Crippen molar-refractivity contribution in [3.63, 3.8) is 0 Å². The van der Waals surface area contributed by atoms with Crippen LogP contribution in [0.5, 0.6) is 0 Å². The number of aliphatic hydroxyl groups excluding tert-OH is 5. The van der Waals surface area contributed by atoms with Crippen molar-refractivity contribution in [3.8, 4) is 0 Å². The van der Waals surface area contributed by atoms with Gasteiger partial charge in [0.15, 0.2) is 6.29 Å². The topological polar surface area (TPSA) is 175 Å². The van der Waals surface area contributed by atoms with Gasteiger partial charge < -0.3 is 45.1 Å². The molecular formula is C65H115NO10. The summed E-state index contributed by atoms with van der Waals surface area (Å²) in [5.41, 5.74) is 0. The Morgan fingerprint density at radius 3 is 1.50 bits per heavy atom. The fraction of sp³-hybridized carbons (Fsp3) is 0.785. The molecule has 0 radical (unpaired) electrons. The van der Waals surface area contributed by atoms with Crippen LogP contribution >= 0.6 is 0 Å². The molecule has 7 unspecified atom stereocenters. The van der Waals surface area contributed by atoms with Crippen LogP contribution in [0.3, 0.4) is 0 Å². The number of esters is 1. The fourth-order valence-electron chi connectivity index (χ4n) is 9.28. The number of allylic oxidation sites excluding steroid dienone is 11. The number of amides is 1. The minimum Gasteiger partial charge on any atom is -0.466 e. The smallest absolute Gasteiger partial charge is 0.305 e. The summed E-state index contributed by atoms with van der Waals surface area (Å²) in [5.74, 6) is -0.247. The van der Waals surface area contributed by atoms with Gasteiger partial charge in [-0.3, -0.25) is 9.59 Å². The Hall–Kier alpha value is -2.90. The molecule has 0 aromatic heterocycles. The lowest BCUT2D eigenvalue weighted by Gasteiger charge is -2.40. The van der Waals surface area contributed by atoms with Crippen molar-refractivity contribution in [2.45, 2.75) is 307 Å². The van der Waals surface area contributed by atoms with Gasteiger partial charge in [0, 0.05) is 12.8 Å². The molecule has 11 nitrogen and oxygen atoms in total. The molecule has 76 heavy (non-hydrogen) atoms. The predicted molar refractivity (Wildman–Crippen MR) is 315 cm³/mol. The molecule has 1 rings (SSSR count). The molecule has 0 saturated carbocycles. The van der Waals surface area contributed by atoms with Gasteiger partial charge >= 0.3 is 5.97 Å². The lowest BCUT2D eigenvalue weighted by atomic mass is 9.99. The van der Waals surface area contributed by atoms with Gasteiger partial charge in [-0.05, 0) is 103 Å². The zero-order chi connectivity index (χ0) is 55.2. The third-order valence-electron chi connectivity index (χ3n) is 14.3. The highest BCUT2D eigenvalue weighted by molar-refractivity contribution is 5.76. The van der Waals surface area contributed by atoms with Crippen molar-refractivity contribution in [1.82, 2.24) is 5.32 Å². The van der Waals surface area contributed by atoms with Crippen molar-refractivity contribution in [1.29, 1.82) is 0 Å². The highest BCUT2D eigenvalue weighted by atomic mass is 16.7. The van der Waals surface area contributed by atoms with Gasteiger partial charge in [-0.1, -0.05) is 222 Å². The monoisotopic (exact) mass is 1070 g/mol. The number of carbonyl (C=O) groups excluding carboxylic acids is 2. The number of ether oxygens (including phenoxy) is 3. The second-order valence-electron chi connectivity index (χ2n) is 21.4. The molecule has 440 valence electrons. The molecule has 0 bridgehead atoms. The molecule has 1 saturated heterocycles. The molecule has 0 spiro atoms. The van der Waals surface area contributed by atoms with Crippen LogP contribution in [0.2, 0.25) is 0 Å². The van der Waals surface area contributed by atoms with E-state index in [1.807, 2.05) is 6.08 Å². The fourth-order valence-corrected chi connectivity index (χ4v) is 9.28. The SMILES string of the molecule is CCCC/C=C\C/C=C\CCCCCCCC(=O)OCCCCC/C=C\C=C/CCCCCCCCCCCCC(=O)NC(COC1OC(CO)C(O)C(O)C1O)C(O)/C=C/CC/C=C/CCCCCCCCCCC. The number of aliphatic hydroxyl groups is 5. The van der Waals surface area contributed by atoms with Gasteiger partial charge in [-0.2, -0.15) is 0 Å². The lowest BCUT2D eigenvalue weighted by molar-refractivity contribution is -0.302. The van der Waals surface area contributed by atoms with E-state index in [1.54, 1.807) is 6.08 Å². The van der Waals surface area contributed by atoms with Crippen molar-refractivity contribution in [3.05, 3.63) is 72.9 Å². The van der Waals surface area contributed by atoms with Crippen LogP contribution in [0, 0.1) is 0 Å². The molecule has 0 aromatic carbocycles. The Labute approximate surface area is 464 Å². The molecule has 1 fully saturated rings. The van der Waals surface area contributed by atoms with E-state index in [1.165, 1.54) is 135 Å². The summed E-state index contributed by atoms with van der Waals surface area (Å²) in [7, 11) is 0. The average Bonchev–Trinajstić information content (AvgIpc) is 3.42. The zero-order valence-electron chi connectivity index (χ0n) is 48.4. The molecule has 1 heterocycles. The van der Waals surface area contributed by atoms with Gasteiger partial charge in [-0.15, -0.1) is 0 Å². The first kappa shape index (κ1) is 71.1. The minimum atomic E-state index is -1.58. The van der Waals surface area contributed by atoms with Gasteiger partial charge in [0.05, 0.1) is 32.0 Å². The molecule has 1 aliphatic rings. The van der Waals surface area contributed by atoms with Gasteiger partial charge in [0.2, 0.25) is 5.91 Å². The second kappa shape index (κ2) is 54.1. The molecule has 1 aliphatic heterocycles. The molecule has 7 atom stereocenters. The number of rotatable bonds is 53. The summed E-state index contributed by atoms with van der Waals surface area (Å²) in [6, 6.07) is -0.838. The van der Waals surface area contributed by atoms with E-state index in [9.17, 15) is 35.1 Å². The van der Waals surface area contributed by atoms with Crippen LogP contribution in [-0.2, 0) is 23.8 Å². The Balaban J connectivity index is 2.13. The van der Waals surface area contributed by atoms with E-state index in [-0.39, 0.29) is 18.5 Å². The first-order chi connectivity index (χ1) is 37.2. The minimum absolute atomic E-state index is 0.0442. The van der Waals surface area contributed by atoms with Crippen LogP contribution in [0.25, 0.3) is 0 Å². The molecule has 0 aromatic rings. The summed E-state index contributed by atoms with van der Waals surface area (Å²) in [6.07, 6.45) is 61.3. The Morgan fingerprint density at radius 2 is 0.947 bits per heavy atom. The number of unbranched alkanes of at least 4 members (excludes halogenated alkanes) is 30. The van der Waals surface area contributed by atoms with Gasteiger partial charge in [0.25, 0.3) is 0 Å². The highest BCUT2D eigenvalue weighted by Gasteiger charge is 2.44. The van der Waals surface area contributed by atoms with Crippen LogP contribution < -0.4 is 5.32 Å². The van der Waals surface area contributed by atoms with Crippen molar-refractivity contribution < 1.29 is 49.3 Å². The maximum atomic E-state index is 13.1. The summed E-state index contributed by atoms with van der Waals surface area (Å²) in [6.45, 7) is 4.23. The first-order valence-electron chi connectivity index (χ1n) is 31.2. The van der Waals surface area contributed by atoms with Crippen molar-refractivity contribution in [2.24, 2.45) is 0 Å². The molecular weight excluding hydrogens is 955 g/mol. The number of nitrogens with one attached hydrogen (secondary N) is 1. The van der Waals surface area contributed by atoms with E-state index in [4.69, 9.17) is 14.2 Å². The van der Waals surface area contributed by atoms with E-state index < -0.39 is 49.5 Å². The van der Waals surface area contributed by atoms with E-state index >= 15 is 0 Å². The highest BCUT2D eigenvalue weighted by Crippen LogP contribution is 2.23. The number of carbonyl (C=O) groups is 2. The van der Waals surface area contributed by atoms with Crippen LogP contribution in [0.15, 0.2) is 72.9 Å². The molecule has 11 heteroatoms. The van der Waals surface area contributed by atoms with Crippen molar-refractivity contribution in [2.75, 3.05) is 19.8 Å². The summed E-state index contributed by atoms with van der Waals surface area (Å²) in [4.78, 5) is 25.1. The molecule has 6 N–H and O–H groups in total. The third-order valence-corrected chi connectivity index (χ3v) is 14.3. The Bertz CT molecular complexity index is 1490. The van der Waals surface area contributed by atoms with Gasteiger partial charge in [0.1, 0.15) is 24.4 Å². The van der Waals surface area contributed by atoms with E-state index in [0.29, 0.717) is 19.4 Å². The van der Waals surface area contributed by atoms with E-state index in [0.717, 1.165) is 103 Å². The average molecular weight is 1070 g/mol. The molecule has 0 aliphatic carbocycles. The largest absolute Gasteiger partial charge is 0.466 e. The lowest BCUT2D eigenvalue weighted by Crippen LogP contribution is -2.60. The van der Waals surface area contributed by atoms with Crippen molar-refractivity contribution >= 4 is 11.9 Å². The normalized spacial score (nSPS) is 19.2. The Morgan fingerprint density at radius 1 is 0.500 bits per heavy atom. The van der Waals surface area contributed by atoms with E-state index in [2.05, 4.69) is 79.9 Å². The third kappa shape index (κ3) is 43.0. The number of hydrogen-bond acceptors (Lipinski definition) is 10. The molecule has 1 amide bonds. The summed E-state index contributed by atoms with van der Waals surface area (Å²) >= 11 is 0. The first-order valence-corrected chi connectivity index (χ1v) is 31.2. The maximum absolute atomic E-state index is 13.1. The standard InChI is InChI=1S/C65H115NO10/c1-3-5-7-9-11-13-15-17-24-27-31-35-39-43-47-51-58(68)57(56-75-65-64(73)63(72)62(71)59(55-67)76-65)66-60(69)52-48-44-40-36-32-28-25-22-20-19-21-23-26-30-34-38-42-46-50-54-74-61(70)53-49-45-41-37-33-29-18-16-14-12-10-8-6-4-2/h10,12,16,18,23,26,30-31,34-35,47,51,57-59,62-65,67-68,71-73H,3-9,11,13-15,17,19-22,24-25,27-29,32-33,36-46,48-50,52-56H2,1-2H3,(H,66,69)/b12-10-,18-16-,26-23-,34-30-,35-31+,51-47+. The van der Waals surface area contributed by atoms with Crippen LogP contribution in [0.1, 0.15) is 264 Å². The van der Waals surface area contributed by atoms with Gasteiger partial charge in [-0.25, -0.2) is 0 Å². The maximum Gasteiger partial charge on any atom is 0.305 e. The predicted octanol–water partition coefficient (Wildman–Crippen LogP) is 14.8. The zero-order valence-corrected chi connectivity index (χ0v) is 48.4. The number of hydrogen-bond donors (Lipinski definition) is 6. The van der Waals surface area contributed by atoms with Crippen LogP contribution in [-0.4, -0.2) is 100 Å². The Kier molecular flexibility index (Phi) is 50.6.